The van der Waals surface area contributed by atoms with E-state index in [1.165, 1.54) is 12.8 Å². The number of rotatable bonds is 2. The normalized spacial score (nSPS) is 34.6. The lowest BCUT2D eigenvalue weighted by molar-refractivity contribution is -0.137. The fourth-order valence-electron chi connectivity index (χ4n) is 2.44. The van der Waals surface area contributed by atoms with Gasteiger partial charge in [-0.15, -0.1) is 0 Å². The van der Waals surface area contributed by atoms with Gasteiger partial charge in [-0.2, -0.15) is 0 Å². The molecular weight excluding hydrogens is 176 g/mol. The summed E-state index contributed by atoms with van der Waals surface area (Å²) in [6.07, 6.45) is 2.65. The Hall–Kier alpha value is -0.570. The summed E-state index contributed by atoms with van der Waals surface area (Å²) in [6.45, 7) is 7.92. The van der Waals surface area contributed by atoms with Crippen molar-refractivity contribution in [2.75, 3.05) is 13.1 Å². The molecule has 1 heterocycles. The maximum atomic E-state index is 11.0. The van der Waals surface area contributed by atoms with Crippen molar-refractivity contribution in [1.29, 1.82) is 0 Å². The van der Waals surface area contributed by atoms with E-state index in [4.69, 9.17) is 0 Å². The third kappa shape index (κ3) is 1.65. The zero-order valence-corrected chi connectivity index (χ0v) is 9.34. The molecule has 1 amide bonds. The van der Waals surface area contributed by atoms with Crippen LogP contribution in [-0.4, -0.2) is 35.5 Å². The van der Waals surface area contributed by atoms with Gasteiger partial charge in [0.25, 0.3) is 0 Å². The average Bonchev–Trinajstić information content (AvgIpc) is 2.07. The molecule has 2 aliphatic rings. The summed E-state index contributed by atoms with van der Waals surface area (Å²) >= 11 is 0. The Bertz CT molecular complexity index is 246. The summed E-state index contributed by atoms with van der Waals surface area (Å²) < 4.78 is 0. The van der Waals surface area contributed by atoms with E-state index in [1.54, 1.807) is 6.92 Å². The first-order valence-corrected chi connectivity index (χ1v) is 5.53. The topological polar surface area (TPSA) is 32.3 Å². The Labute approximate surface area is 85.8 Å². The minimum Gasteiger partial charge on any atom is -0.339 e. The summed E-state index contributed by atoms with van der Waals surface area (Å²) in [4.78, 5) is 12.9. The quantitative estimate of drug-likeness (QED) is 0.714. The predicted octanol–water partition coefficient (Wildman–Crippen LogP) is 0.995. The SMILES string of the molecule is CC(=O)N1CC(C)(NC2CCC2C)C1. The largest absolute Gasteiger partial charge is 0.339 e. The van der Waals surface area contributed by atoms with Crippen molar-refractivity contribution >= 4 is 5.91 Å². The highest BCUT2D eigenvalue weighted by molar-refractivity contribution is 5.74. The molecule has 0 bridgehead atoms. The molecule has 3 nitrogen and oxygen atoms in total. The molecule has 2 fully saturated rings. The van der Waals surface area contributed by atoms with Crippen LogP contribution in [0.4, 0.5) is 0 Å². The molecule has 80 valence electrons. The zero-order chi connectivity index (χ0) is 10.3. The molecule has 1 saturated heterocycles. The molecular formula is C11H20N2O. The second-order valence-corrected chi connectivity index (χ2v) is 5.24. The van der Waals surface area contributed by atoms with Gasteiger partial charge in [0.15, 0.2) is 0 Å². The lowest BCUT2D eigenvalue weighted by Gasteiger charge is -2.52. The van der Waals surface area contributed by atoms with E-state index in [-0.39, 0.29) is 11.4 Å². The zero-order valence-electron chi connectivity index (χ0n) is 9.34. The predicted molar refractivity (Wildman–Crippen MR) is 56.0 cm³/mol. The average molecular weight is 196 g/mol. The van der Waals surface area contributed by atoms with E-state index >= 15 is 0 Å². The van der Waals surface area contributed by atoms with Crippen LogP contribution in [0, 0.1) is 5.92 Å². The van der Waals surface area contributed by atoms with Crippen LogP contribution in [0.2, 0.25) is 0 Å². The smallest absolute Gasteiger partial charge is 0.219 e. The second-order valence-electron chi connectivity index (χ2n) is 5.24. The molecule has 0 spiro atoms. The molecule has 0 radical (unpaired) electrons. The Morgan fingerprint density at radius 2 is 2.07 bits per heavy atom. The first-order valence-electron chi connectivity index (χ1n) is 5.53. The molecule has 2 atom stereocenters. The molecule has 1 aliphatic heterocycles. The van der Waals surface area contributed by atoms with Crippen LogP contribution in [0.3, 0.4) is 0 Å². The minimum absolute atomic E-state index is 0.186. The molecule has 3 heteroatoms. The Kier molecular flexibility index (Phi) is 2.30. The maximum absolute atomic E-state index is 11.0. The number of hydrogen-bond donors (Lipinski definition) is 1. The van der Waals surface area contributed by atoms with Gasteiger partial charge in [0.2, 0.25) is 5.91 Å². The maximum Gasteiger partial charge on any atom is 0.219 e. The molecule has 0 aromatic rings. The summed E-state index contributed by atoms with van der Waals surface area (Å²) in [5, 5.41) is 3.67. The van der Waals surface area contributed by atoms with Crippen LogP contribution in [0.15, 0.2) is 0 Å². The highest BCUT2D eigenvalue weighted by Gasteiger charge is 2.43. The number of amides is 1. The van der Waals surface area contributed by atoms with E-state index in [1.807, 2.05) is 4.90 Å². The molecule has 14 heavy (non-hydrogen) atoms. The van der Waals surface area contributed by atoms with Gasteiger partial charge < -0.3 is 10.2 Å². The van der Waals surface area contributed by atoms with E-state index in [0.29, 0.717) is 6.04 Å². The monoisotopic (exact) mass is 196 g/mol. The first kappa shape index (κ1) is 9.97. The van der Waals surface area contributed by atoms with Gasteiger partial charge in [-0.1, -0.05) is 6.92 Å². The number of nitrogens with zero attached hydrogens (tertiary/aromatic N) is 1. The molecule has 0 aromatic heterocycles. The van der Waals surface area contributed by atoms with Crippen LogP contribution >= 0.6 is 0 Å². The van der Waals surface area contributed by atoms with Gasteiger partial charge in [-0.05, 0) is 25.7 Å². The lowest BCUT2D eigenvalue weighted by Crippen LogP contribution is -2.71. The van der Waals surface area contributed by atoms with Crippen LogP contribution in [0.25, 0.3) is 0 Å². The van der Waals surface area contributed by atoms with E-state index in [2.05, 4.69) is 19.2 Å². The Morgan fingerprint density at radius 3 is 2.43 bits per heavy atom. The minimum atomic E-state index is 0.186. The first-order chi connectivity index (χ1) is 6.50. The highest BCUT2D eigenvalue weighted by atomic mass is 16.2. The van der Waals surface area contributed by atoms with E-state index in [9.17, 15) is 4.79 Å². The summed E-state index contributed by atoms with van der Waals surface area (Å²) in [5.74, 6) is 1.02. The van der Waals surface area contributed by atoms with Gasteiger partial charge in [0.1, 0.15) is 0 Å². The summed E-state index contributed by atoms with van der Waals surface area (Å²) in [5.41, 5.74) is 0.186. The van der Waals surface area contributed by atoms with Gasteiger partial charge in [0.05, 0.1) is 5.54 Å². The summed E-state index contributed by atoms with van der Waals surface area (Å²) in [7, 11) is 0. The van der Waals surface area contributed by atoms with E-state index < -0.39 is 0 Å². The molecule has 2 unspecified atom stereocenters. The van der Waals surface area contributed by atoms with Crippen molar-refractivity contribution in [1.82, 2.24) is 10.2 Å². The van der Waals surface area contributed by atoms with Crippen LogP contribution in [0.1, 0.15) is 33.6 Å². The van der Waals surface area contributed by atoms with Crippen molar-refractivity contribution in [3.63, 3.8) is 0 Å². The molecule has 1 aliphatic carbocycles. The van der Waals surface area contributed by atoms with Crippen molar-refractivity contribution in [3.05, 3.63) is 0 Å². The molecule has 0 aromatic carbocycles. The fraction of sp³-hybridized carbons (Fsp3) is 0.909. The van der Waals surface area contributed by atoms with Crippen LogP contribution in [-0.2, 0) is 4.79 Å². The van der Waals surface area contributed by atoms with Crippen LogP contribution < -0.4 is 5.32 Å². The number of likely N-dealkylation sites (tertiary alicyclic amines) is 1. The van der Waals surface area contributed by atoms with Gasteiger partial charge in [-0.3, -0.25) is 4.79 Å². The molecule has 2 rings (SSSR count). The summed E-state index contributed by atoms with van der Waals surface area (Å²) in [6, 6.07) is 0.689. The lowest BCUT2D eigenvalue weighted by atomic mass is 9.78. The second kappa shape index (κ2) is 3.23. The van der Waals surface area contributed by atoms with Crippen molar-refractivity contribution in [2.24, 2.45) is 5.92 Å². The highest BCUT2D eigenvalue weighted by Crippen LogP contribution is 2.31. The fourth-order valence-corrected chi connectivity index (χ4v) is 2.44. The van der Waals surface area contributed by atoms with Gasteiger partial charge >= 0.3 is 0 Å². The Morgan fingerprint density at radius 1 is 1.43 bits per heavy atom. The number of nitrogens with one attached hydrogen (secondary N) is 1. The third-order valence-electron chi connectivity index (χ3n) is 3.68. The number of hydrogen-bond acceptors (Lipinski definition) is 2. The molecule has 1 N–H and O–H groups in total. The van der Waals surface area contributed by atoms with Gasteiger partial charge in [0, 0.05) is 26.1 Å². The van der Waals surface area contributed by atoms with Crippen molar-refractivity contribution in [3.8, 4) is 0 Å². The standard InChI is InChI=1S/C11H20N2O/c1-8-4-5-10(8)12-11(3)6-13(7-11)9(2)14/h8,10,12H,4-7H2,1-3H3. The molecule has 1 saturated carbocycles. The van der Waals surface area contributed by atoms with Gasteiger partial charge in [-0.25, -0.2) is 0 Å². The van der Waals surface area contributed by atoms with Crippen molar-refractivity contribution < 1.29 is 4.79 Å². The van der Waals surface area contributed by atoms with E-state index in [0.717, 1.165) is 19.0 Å². The third-order valence-corrected chi connectivity index (χ3v) is 3.68. The Balaban J connectivity index is 1.79. The van der Waals surface area contributed by atoms with Crippen LogP contribution in [0.5, 0.6) is 0 Å². The number of carbonyl (C=O) groups is 1. The number of carbonyl (C=O) groups excluding carboxylic acids is 1. The van der Waals surface area contributed by atoms with Crippen molar-refractivity contribution in [2.45, 2.75) is 45.2 Å².